The van der Waals surface area contributed by atoms with Crippen LogP contribution in [0.5, 0.6) is 0 Å². The van der Waals surface area contributed by atoms with Crippen molar-refractivity contribution in [2.75, 3.05) is 26.7 Å². The molecule has 0 aliphatic carbocycles. The molecule has 0 saturated heterocycles. The van der Waals surface area contributed by atoms with Gasteiger partial charge >= 0.3 is 0 Å². The predicted molar refractivity (Wildman–Crippen MR) is 116 cm³/mol. The van der Waals surface area contributed by atoms with Crippen molar-refractivity contribution < 1.29 is 0 Å². The van der Waals surface area contributed by atoms with Crippen molar-refractivity contribution in [1.29, 1.82) is 0 Å². The third kappa shape index (κ3) is 8.87. The molecule has 0 heterocycles. The highest BCUT2D eigenvalue weighted by Gasteiger charge is 2.07. The first kappa shape index (κ1) is 23.2. The first-order chi connectivity index (χ1) is 11.1. The summed E-state index contributed by atoms with van der Waals surface area (Å²) in [6, 6.07) is 8.88. The highest BCUT2D eigenvalue weighted by Crippen LogP contribution is 2.06. The first-order valence-electron chi connectivity index (χ1n) is 8.84. The summed E-state index contributed by atoms with van der Waals surface area (Å²) >= 11 is 0. The lowest BCUT2D eigenvalue weighted by Crippen LogP contribution is -2.42. The number of aliphatic imine (C=N–C) groups is 1. The van der Waals surface area contributed by atoms with E-state index >= 15 is 0 Å². The fraction of sp³-hybridized carbons (Fsp3) is 0.632. The van der Waals surface area contributed by atoms with Crippen LogP contribution in [0.15, 0.2) is 29.3 Å². The second-order valence-corrected chi connectivity index (χ2v) is 6.07. The highest BCUT2D eigenvalue weighted by atomic mass is 127. The number of hydrogen-bond acceptors (Lipinski definition) is 2. The van der Waals surface area contributed by atoms with Gasteiger partial charge in [-0.1, -0.05) is 38.1 Å². The normalized spacial score (nSPS) is 12.7. The zero-order valence-electron chi connectivity index (χ0n) is 15.9. The average molecular weight is 446 g/mol. The number of nitrogens with one attached hydrogen (secondary N) is 2. The molecule has 0 aliphatic rings. The highest BCUT2D eigenvalue weighted by molar-refractivity contribution is 14.0. The standard InChI is InChI=1S/C19H34N4.HI/c1-6-23(7-2)14-10-12-17(4)22-19(20-5)21-15-18-13-9-8-11-16(18)3;/h8-9,11,13,17H,6-7,10,12,14-15H2,1-5H3,(H2,20,21,22);1H. The summed E-state index contributed by atoms with van der Waals surface area (Å²) < 4.78 is 0. The number of halogens is 1. The zero-order chi connectivity index (χ0) is 17.1. The molecule has 1 aromatic carbocycles. The SMILES string of the molecule is CCN(CC)CCCC(C)NC(=NC)NCc1ccccc1C.I. The Balaban J connectivity index is 0.00000529. The van der Waals surface area contributed by atoms with E-state index < -0.39 is 0 Å². The van der Waals surface area contributed by atoms with Gasteiger partial charge in [-0.05, 0) is 57.5 Å². The first-order valence-corrected chi connectivity index (χ1v) is 8.84. The van der Waals surface area contributed by atoms with E-state index in [0.29, 0.717) is 6.04 Å². The molecular weight excluding hydrogens is 411 g/mol. The molecule has 1 atom stereocenters. The quantitative estimate of drug-likeness (QED) is 0.345. The Morgan fingerprint density at radius 1 is 1.21 bits per heavy atom. The zero-order valence-corrected chi connectivity index (χ0v) is 18.3. The van der Waals surface area contributed by atoms with Crippen LogP contribution in [-0.4, -0.2) is 43.6 Å². The molecule has 0 amide bonds. The second-order valence-electron chi connectivity index (χ2n) is 6.07. The van der Waals surface area contributed by atoms with Crippen molar-refractivity contribution >= 4 is 29.9 Å². The maximum atomic E-state index is 4.33. The van der Waals surface area contributed by atoms with Crippen LogP contribution in [0.3, 0.4) is 0 Å². The monoisotopic (exact) mass is 446 g/mol. The Morgan fingerprint density at radius 3 is 2.46 bits per heavy atom. The summed E-state index contributed by atoms with van der Waals surface area (Å²) in [6.45, 7) is 13.1. The maximum Gasteiger partial charge on any atom is 0.191 e. The summed E-state index contributed by atoms with van der Waals surface area (Å²) in [6.07, 6.45) is 2.37. The van der Waals surface area contributed by atoms with E-state index in [2.05, 4.69) is 72.5 Å². The Morgan fingerprint density at radius 2 is 1.88 bits per heavy atom. The summed E-state index contributed by atoms with van der Waals surface area (Å²) in [4.78, 5) is 6.80. The van der Waals surface area contributed by atoms with Crippen molar-refractivity contribution in [2.45, 2.75) is 53.1 Å². The van der Waals surface area contributed by atoms with Gasteiger partial charge in [0.05, 0.1) is 0 Å². The topological polar surface area (TPSA) is 39.7 Å². The molecule has 5 heteroatoms. The van der Waals surface area contributed by atoms with E-state index in [-0.39, 0.29) is 24.0 Å². The van der Waals surface area contributed by atoms with Gasteiger partial charge in [0.25, 0.3) is 0 Å². The third-order valence-electron chi connectivity index (χ3n) is 4.32. The summed E-state index contributed by atoms with van der Waals surface area (Å²) in [5.41, 5.74) is 2.62. The summed E-state index contributed by atoms with van der Waals surface area (Å²) in [5, 5.41) is 6.89. The minimum Gasteiger partial charge on any atom is -0.354 e. The minimum absolute atomic E-state index is 0. The Kier molecular flexibility index (Phi) is 13.0. The molecule has 0 fully saturated rings. The van der Waals surface area contributed by atoms with Gasteiger partial charge in [0, 0.05) is 19.6 Å². The molecule has 1 aromatic rings. The van der Waals surface area contributed by atoms with Crippen molar-refractivity contribution in [1.82, 2.24) is 15.5 Å². The molecule has 138 valence electrons. The van der Waals surface area contributed by atoms with E-state index in [1.165, 1.54) is 24.1 Å². The molecule has 2 N–H and O–H groups in total. The molecule has 4 nitrogen and oxygen atoms in total. The van der Waals surface area contributed by atoms with Crippen LogP contribution in [0.4, 0.5) is 0 Å². The van der Waals surface area contributed by atoms with Crippen LogP contribution < -0.4 is 10.6 Å². The minimum atomic E-state index is 0. The molecule has 0 spiro atoms. The van der Waals surface area contributed by atoms with Crippen molar-refractivity contribution in [3.8, 4) is 0 Å². The van der Waals surface area contributed by atoms with Gasteiger partial charge in [-0.3, -0.25) is 4.99 Å². The molecule has 1 rings (SSSR count). The van der Waals surface area contributed by atoms with E-state index in [1.54, 1.807) is 0 Å². The molecule has 24 heavy (non-hydrogen) atoms. The molecule has 0 bridgehead atoms. The van der Waals surface area contributed by atoms with Gasteiger partial charge in [-0.2, -0.15) is 0 Å². The van der Waals surface area contributed by atoms with Crippen LogP contribution in [0.25, 0.3) is 0 Å². The molecule has 0 saturated carbocycles. The van der Waals surface area contributed by atoms with E-state index in [4.69, 9.17) is 0 Å². The fourth-order valence-corrected chi connectivity index (χ4v) is 2.65. The lowest BCUT2D eigenvalue weighted by atomic mass is 10.1. The second kappa shape index (κ2) is 13.5. The van der Waals surface area contributed by atoms with E-state index in [9.17, 15) is 0 Å². The largest absolute Gasteiger partial charge is 0.354 e. The smallest absolute Gasteiger partial charge is 0.191 e. The van der Waals surface area contributed by atoms with Crippen LogP contribution in [-0.2, 0) is 6.54 Å². The molecule has 0 aliphatic heterocycles. The number of aryl methyl sites for hydroxylation is 1. The van der Waals surface area contributed by atoms with E-state index in [1.807, 2.05) is 7.05 Å². The Hall–Kier alpha value is -0.820. The van der Waals surface area contributed by atoms with Gasteiger partial charge < -0.3 is 15.5 Å². The van der Waals surface area contributed by atoms with Gasteiger partial charge in [-0.15, -0.1) is 24.0 Å². The van der Waals surface area contributed by atoms with Crippen LogP contribution in [0.1, 0.15) is 44.7 Å². The molecule has 1 unspecified atom stereocenters. The summed E-state index contributed by atoms with van der Waals surface area (Å²) in [5.74, 6) is 0.878. The lowest BCUT2D eigenvalue weighted by Gasteiger charge is -2.21. The van der Waals surface area contributed by atoms with Gasteiger partial charge in [-0.25, -0.2) is 0 Å². The van der Waals surface area contributed by atoms with E-state index in [0.717, 1.165) is 32.0 Å². The third-order valence-corrected chi connectivity index (χ3v) is 4.32. The molecule has 0 aromatic heterocycles. The lowest BCUT2D eigenvalue weighted by molar-refractivity contribution is 0.292. The van der Waals surface area contributed by atoms with Gasteiger partial charge in [0.1, 0.15) is 0 Å². The van der Waals surface area contributed by atoms with Crippen molar-refractivity contribution in [3.63, 3.8) is 0 Å². The number of benzene rings is 1. The Labute approximate surface area is 165 Å². The van der Waals surface area contributed by atoms with Crippen LogP contribution in [0, 0.1) is 6.92 Å². The number of guanidine groups is 1. The maximum absolute atomic E-state index is 4.33. The van der Waals surface area contributed by atoms with Crippen LogP contribution in [0.2, 0.25) is 0 Å². The van der Waals surface area contributed by atoms with Crippen molar-refractivity contribution in [2.24, 2.45) is 4.99 Å². The predicted octanol–water partition coefficient (Wildman–Crippen LogP) is 3.79. The fourth-order valence-electron chi connectivity index (χ4n) is 2.65. The number of nitrogens with zero attached hydrogens (tertiary/aromatic N) is 2. The number of hydrogen-bond donors (Lipinski definition) is 2. The Bertz CT molecular complexity index is 472. The number of rotatable bonds is 9. The molecular formula is C19H35IN4. The van der Waals surface area contributed by atoms with Crippen molar-refractivity contribution in [3.05, 3.63) is 35.4 Å². The summed E-state index contributed by atoms with van der Waals surface area (Å²) in [7, 11) is 1.83. The van der Waals surface area contributed by atoms with Gasteiger partial charge in [0.2, 0.25) is 0 Å². The van der Waals surface area contributed by atoms with Gasteiger partial charge in [0.15, 0.2) is 5.96 Å². The molecule has 0 radical (unpaired) electrons. The van der Waals surface area contributed by atoms with Crippen LogP contribution >= 0.6 is 24.0 Å². The average Bonchev–Trinajstić information content (AvgIpc) is 2.56.